The van der Waals surface area contributed by atoms with Gasteiger partial charge < -0.3 is 9.80 Å². The molecule has 1 fully saturated rings. The molecule has 9 heteroatoms. The van der Waals surface area contributed by atoms with E-state index in [0.717, 1.165) is 23.5 Å². The summed E-state index contributed by atoms with van der Waals surface area (Å²) in [6.45, 7) is 5.10. The van der Waals surface area contributed by atoms with Crippen LogP contribution in [0.25, 0.3) is 5.65 Å². The van der Waals surface area contributed by atoms with Gasteiger partial charge in [0.1, 0.15) is 16.9 Å². The smallest absolute Gasteiger partial charge is 0.320 e. The van der Waals surface area contributed by atoms with E-state index < -0.39 is 5.54 Å². The molecule has 2 atom stereocenters. The Morgan fingerprint density at radius 2 is 2.18 bits per heavy atom. The minimum Gasteiger partial charge on any atom is -0.331 e. The van der Waals surface area contributed by atoms with Crippen molar-refractivity contribution in [2.24, 2.45) is 11.8 Å². The number of fused-ring (bicyclic) bond motifs is 1. The van der Waals surface area contributed by atoms with Gasteiger partial charge in [-0.2, -0.15) is 5.10 Å². The molecule has 3 aromatic rings. The lowest BCUT2D eigenvalue weighted by Gasteiger charge is -2.52. The van der Waals surface area contributed by atoms with E-state index in [0.29, 0.717) is 18.1 Å². The van der Waals surface area contributed by atoms with Crippen LogP contribution in [0.5, 0.6) is 0 Å². The summed E-state index contributed by atoms with van der Waals surface area (Å²) in [6.07, 6.45) is 5.38. The van der Waals surface area contributed by atoms with Crippen molar-refractivity contribution < 1.29 is 4.79 Å². The highest BCUT2D eigenvalue weighted by atomic mass is 32.1. The highest BCUT2D eigenvalue weighted by molar-refractivity contribution is 7.09. The van der Waals surface area contributed by atoms with Crippen LogP contribution in [0.1, 0.15) is 37.4 Å². The molecule has 2 unspecified atom stereocenters. The molecule has 4 rings (SSSR count). The standard InChI is InChI=1S/C19H25N7OS/c1-13(2)14-6-5-10-25(18(27)24(3)4)19(14,17-20-9-11-28-17)15-7-8-16-22-21-12-26(16)23-15/h7-9,11-14H,5-6,10H2,1-4H3. The lowest BCUT2D eigenvalue weighted by Crippen LogP contribution is -2.61. The van der Waals surface area contributed by atoms with Crippen LogP contribution < -0.4 is 0 Å². The first kappa shape index (κ1) is 18.8. The van der Waals surface area contributed by atoms with Crippen molar-refractivity contribution in [3.05, 3.63) is 40.7 Å². The van der Waals surface area contributed by atoms with E-state index >= 15 is 0 Å². The molecule has 0 saturated carbocycles. The van der Waals surface area contributed by atoms with Crippen molar-refractivity contribution in [3.63, 3.8) is 0 Å². The van der Waals surface area contributed by atoms with E-state index in [1.54, 1.807) is 41.2 Å². The molecule has 1 saturated heterocycles. The van der Waals surface area contributed by atoms with E-state index in [4.69, 9.17) is 10.1 Å². The maximum atomic E-state index is 13.3. The van der Waals surface area contributed by atoms with Crippen LogP contribution in [-0.2, 0) is 5.54 Å². The first-order valence-electron chi connectivity index (χ1n) is 9.52. The largest absolute Gasteiger partial charge is 0.331 e. The number of likely N-dealkylation sites (tertiary alicyclic amines) is 1. The molecule has 0 aliphatic carbocycles. The topological polar surface area (TPSA) is 79.5 Å². The Balaban J connectivity index is 2.02. The van der Waals surface area contributed by atoms with Gasteiger partial charge in [-0.05, 0) is 36.8 Å². The van der Waals surface area contributed by atoms with Gasteiger partial charge in [-0.3, -0.25) is 0 Å². The number of carbonyl (C=O) groups excluding carboxylic acids is 1. The third-order valence-electron chi connectivity index (χ3n) is 5.59. The maximum Gasteiger partial charge on any atom is 0.320 e. The number of nitrogens with zero attached hydrogens (tertiary/aromatic N) is 7. The third-order valence-corrected chi connectivity index (χ3v) is 6.49. The van der Waals surface area contributed by atoms with Gasteiger partial charge in [0.2, 0.25) is 0 Å². The summed E-state index contributed by atoms with van der Waals surface area (Å²) in [7, 11) is 3.59. The molecule has 2 amide bonds. The zero-order valence-electron chi connectivity index (χ0n) is 16.6. The van der Waals surface area contributed by atoms with Crippen LogP contribution in [0.2, 0.25) is 0 Å². The van der Waals surface area contributed by atoms with Crippen molar-refractivity contribution in [2.75, 3.05) is 20.6 Å². The van der Waals surface area contributed by atoms with E-state index in [2.05, 4.69) is 24.0 Å². The van der Waals surface area contributed by atoms with E-state index in [1.807, 2.05) is 28.6 Å². The quantitative estimate of drug-likeness (QED) is 0.677. The second-order valence-electron chi connectivity index (χ2n) is 7.78. The molecule has 1 aliphatic heterocycles. The minimum absolute atomic E-state index is 0.0220. The van der Waals surface area contributed by atoms with Crippen LogP contribution in [-0.4, -0.2) is 61.3 Å². The molecule has 148 valence electrons. The number of piperidine rings is 1. The van der Waals surface area contributed by atoms with Gasteiger partial charge in [0, 0.05) is 32.2 Å². The van der Waals surface area contributed by atoms with Crippen molar-refractivity contribution in [3.8, 4) is 0 Å². The summed E-state index contributed by atoms with van der Waals surface area (Å²) in [4.78, 5) is 21.7. The molecule has 0 bridgehead atoms. The molecule has 0 aromatic carbocycles. The summed E-state index contributed by atoms with van der Waals surface area (Å²) in [6, 6.07) is 3.86. The number of rotatable bonds is 3. The second-order valence-corrected chi connectivity index (χ2v) is 8.67. The van der Waals surface area contributed by atoms with Crippen LogP contribution >= 0.6 is 11.3 Å². The van der Waals surface area contributed by atoms with Gasteiger partial charge in [-0.1, -0.05) is 13.8 Å². The van der Waals surface area contributed by atoms with Gasteiger partial charge in [-0.15, -0.1) is 21.5 Å². The highest BCUT2D eigenvalue weighted by Crippen LogP contribution is 2.50. The Kier molecular flexibility index (Phi) is 4.78. The summed E-state index contributed by atoms with van der Waals surface area (Å²) < 4.78 is 1.68. The predicted octanol–water partition coefficient (Wildman–Crippen LogP) is 2.87. The van der Waals surface area contributed by atoms with Crippen molar-refractivity contribution in [1.29, 1.82) is 0 Å². The lowest BCUT2D eigenvalue weighted by molar-refractivity contribution is 0.0164. The minimum atomic E-state index is -0.722. The number of amides is 2. The number of thiazole rings is 1. The van der Waals surface area contributed by atoms with E-state index in [9.17, 15) is 4.79 Å². The van der Waals surface area contributed by atoms with Crippen LogP contribution in [0.4, 0.5) is 4.79 Å². The third kappa shape index (κ3) is 2.76. The molecular formula is C19H25N7OS. The Morgan fingerprint density at radius 3 is 2.86 bits per heavy atom. The summed E-state index contributed by atoms with van der Waals surface area (Å²) in [5, 5.41) is 15.8. The molecule has 3 aromatic heterocycles. The average Bonchev–Trinajstić information content (AvgIpc) is 3.37. The number of carbonyl (C=O) groups is 1. The Bertz CT molecular complexity index is 968. The lowest BCUT2D eigenvalue weighted by atomic mass is 9.69. The van der Waals surface area contributed by atoms with Crippen LogP contribution in [0, 0.1) is 11.8 Å². The Hall–Kier alpha value is -2.55. The van der Waals surface area contributed by atoms with Gasteiger partial charge >= 0.3 is 6.03 Å². The Morgan fingerprint density at radius 1 is 1.36 bits per heavy atom. The van der Waals surface area contributed by atoms with Crippen molar-refractivity contribution >= 4 is 23.0 Å². The van der Waals surface area contributed by atoms with Crippen LogP contribution in [0.3, 0.4) is 0 Å². The van der Waals surface area contributed by atoms with Crippen molar-refractivity contribution in [1.82, 2.24) is 34.6 Å². The van der Waals surface area contributed by atoms with Gasteiger partial charge in [0.15, 0.2) is 5.65 Å². The average molecular weight is 400 g/mol. The van der Waals surface area contributed by atoms with Gasteiger partial charge in [0.25, 0.3) is 0 Å². The molecule has 4 heterocycles. The molecule has 0 radical (unpaired) electrons. The van der Waals surface area contributed by atoms with Crippen LogP contribution in [0.15, 0.2) is 30.0 Å². The monoisotopic (exact) mass is 399 g/mol. The number of hydrogen-bond acceptors (Lipinski definition) is 6. The zero-order chi connectivity index (χ0) is 19.9. The second kappa shape index (κ2) is 7.12. The zero-order valence-corrected chi connectivity index (χ0v) is 17.4. The molecule has 28 heavy (non-hydrogen) atoms. The first-order valence-corrected chi connectivity index (χ1v) is 10.4. The number of urea groups is 1. The fraction of sp³-hybridized carbons (Fsp3) is 0.526. The molecule has 8 nitrogen and oxygen atoms in total. The summed E-state index contributed by atoms with van der Waals surface area (Å²) >= 11 is 1.58. The predicted molar refractivity (Wildman–Crippen MR) is 107 cm³/mol. The van der Waals surface area contributed by atoms with E-state index in [1.165, 1.54) is 0 Å². The number of aromatic nitrogens is 5. The molecule has 0 spiro atoms. The maximum absolute atomic E-state index is 13.3. The Labute approximate surface area is 168 Å². The summed E-state index contributed by atoms with van der Waals surface area (Å²) in [5.41, 5.74) is 0.768. The summed E-state index contributed by atoms with van der Waals surface area (Å²) in [5.74, 6) is 0.540. The highest BCUT2D eigenvalue weighted by Gasteiger charge is 2.55. The van der Waals surface area contributed by atoms with Gasteiger partial charge in [-0.25, -0.2) is 14.3 Å². The normalized spacial score (nSPS) is 22.8. The first-order chi connectivity index (χ1) is 13.5. The van der Waals surface area contributed by atoms with Gasteiger partial charge in [0.05, 0.1) is 5.69 Å². The van der Waals surface area contributed by atoms with Crippen molar-refractivity contribution in [2.45, 2.75) is 32.2 Å². The molecule has 0 N–H and O–H groups in total. The molecule has 1 aliphatic rings. The SMILES string of the molecule is CC(C)C1CCCN(C(=O)N(C)C)C1(c1ccc2nncn2n1)c1nccs1. The number of hydrogen-bond donors (Lipinski definition) is 0. The fourth-order valence-corrected chi connectivity index (χ4v) is 5.33. The van der Waals surface area contributed by atoms with E-state index in [-0.39, 0.29) is 11.9 Å². The fourth-order valence-electron chi connectivity index (χ4n) is 4.41. The molecular weight excluding hydrogens is 374 g/mol.